The maximum Gasteiger partial charge on any atom is 0.230 e. The van der Waals surface area contributed by atoms with Crippen LogP contribution in [0.15, 0.2) is 72.8 Å². The molecule has 4 aromatic rings. The minimum absolute atomic E-state index is 0.0471. The van der Waals surface area contributed by atoms with Gasteiger partial charge >= 0.3 is 0 Å². The summed E-state index contributed by atoms with van der Waals surface area (Å²) >= 11 is 1.51. The second kappa shape index (κ2) is 7.10. The molecule has 0 saturated carbocycles. The predicted octanol–water partition coefficient (Wildman–Crippen LogP) is 5.45. The summed E-state index contributed by atoms with van der Waals surface area (Å²) in [7, 11) is 0. The lowest BCUT2D eigenvalue weighted by Crippen LogP contribution is -2.14. The Labute approximate surface area is 156 Å². The first-order valence-electron chi connectivity index (χ1n) is 8.49. The molecule has 1 aromatic heterocycles. The Morgan fingerprint density at radius 3 is 2.38 bits per heavy atom. The number of fused-ring (bicyclic) bond motifs is 1. The van der Waals surface area contributed by atoms with Gasteiger partial charge in [0.25, 0.3) is 0 Å². The van der Waals surface area contributed by atoms with Crippen LogP contribution in [0.4, 0.5) is 5.13 Å². The van der Waals surface area contributed by atoms with Gasteiger partial charge in [-0.1, -0.05) is 78.1 Å². The van der Waals surface area contributed by atoms with Crippen molar-refractivity contribution < 1.29 is 4.79 Å². The van der Waals surface area contributed by atoms with Crippen LogP contribution < -0.4 is 5.32 Å². The summed E-state index contributed by atoms with van der Waals surface area (Å²) in [6.45, 7) is 2.03. The van der Waals surface area contributed by atoms with E-state index in [-0.39, 0.29) is 5.91 Å². The Balaban J connectivity index is 1.45. The fourth-order valence-corrected chi connectivity index (χ4v) is 3.89. The Hall–Kier alpha value is -2.98. The number of nitrogens with one attached hydrogen (secondary N) is 1. The first-order valence-corrected chi connectivity index (χ1v) is 9.31. The van der Waals surface area contributed by atoms with Gasteiger partial charge in [0.2, 0.25) is 5.91 Å². The van der Waals surface area contributed by atoms with Crippen LogP contribution in [-0.2, 0) is 11.2 Å². The Bertz CT molecular complexity index is 1050. The van der Waals surface area contributed by atoms with E-state index in [1.807, 2.05) is 55.5 Å². The van der Waals surface area contributed by atoms with E-state index in [1.54, 1.807) is 0 Å². The highest BCUT2D eigenvalue weighted by molar-refractivity contribution is 7.22. The normalized spacial score (nSPS) is 10.8. The molecule has 0 aliphatic carbocycles. The molecule has 4 rings (SSSR count). The maximum absolute atomic E-state index is 12.4. The molecule has 0 bridgehead atoms. The largest absolute Gasteiger partial charge is 0.302 e. The summed E-state index contributed by atoms with van der Waals surface area (Å²) in [5, 5.41) is 3.57. The van der Waals surface area contributed by atoms with Gasteiger partial charge in [0.05, 0.1) is 16.6 Å². The van der Waals surface area contributed by atoms with Crippen molar-refractivity contribution in [1.29, 1.82) is 0 Å². The number of aryl methyl sites for hydroxylation is 1. The molecule has 0 saturated heterocycles. The maximum atomic E-state index is 12.4. The van der Waals surface area contributed by atoms with Gasteiger partial charge in [0.15, 0.2) is 5.13 Å². The number of hydrogen-bond donors (Lipinski definition) is 1. The summed E-state index contributed by atoms with van der Waals surface area (Å²) in [6, 6.07) is 24.4. The van der Waals surface area contributed by atoms with E-state index in [0.29, 0.717) is 11.6 Å². The fourth-order valence-electron chi connectivity index (χ4n) is 2.93. The van der Waals surface area contributed by atoms with Crippen LogP contribution in [0.25, 0.3) is 21.3 Å². The lowest BCUT2D eigenvalue weighted by atomic mass is 10.0. The van der Waals surface area contributed by atoms with E-state index in [9.17, 15) is 4.79 Å². The minimum Gasteiger partial charge on any atom is -0.302 e. The number of benzene rings is 3. The summed E-state index contributed by atoms with van der Waals surface area (Å²) in [5.74, 6) is -0.0471. The Morgan fingerprint density at radius 1 is 0.923 bits per heavy atom. The number of anilines is 1. The molecule has 0 radical (unpaired) electrons. The van der Waals surface area contributed by atoms with Crippen LogP contribution in [-0.4, -0.2) is 10.9 Å². The average molecular weight is 358 g/mol. The van der Waals surface area contributed by atoms with Crippen molar-refractivity contribution in [2.45, 2.75) is 13.3 Å². The van der Waals surface area contributed by atoms with Crippen LogP contribution in [0.1, 0.15) is 11.1 Å². The molecule has 0 spiro atoms. The molecule has 3 aromatic carbocycles. The van der Waals surface area contributed by atoms with Crippen LogP contribution >= 0.6 is 11.3 Å². The topological polar surface area (TPSA) is 42.0 Å². The third-order valence-corrected chi connectivity index (χ3v) is 5.23. The second-order valence-electron chi connectivity index (χ2n) is 6.23. The highest BCUT2D eigenvalue weighted by Gasteiger charge is 2.10. The molecule has 0 aliphatic heterocycles. The van der Waals surface area contributed by atoms with Crippen molar-refractivity contribution >= 4 is 32.6 Å². The van der Waals surface area contributed by atoms with Crippen LogP contribution in [0.2, 0.25) is 0 Å². The number of para-hydroxylation sites is 1. The molecular formula is C22H18N2OS. The van der Waals surface area contributed by atoms with Gasteiger partial charge in [0, 0.05) is 0 Å². The number of aromatic nitrogens is 1. The van der Waals surface area contributed by atoms with E-state index in [0.717, 1.165) is 26.9 Å². The summed E-state index contributed by atoms with van der Waals surface area (Å²) < 4.78 is 1.09. The minimum atomic E-state index is -0.0471. The van der Waals surface area contributed by atoms with Crippen molar-refractivity contribution in [1.82, 2.24) is 4.98 Å². The molecule has 26 heavy (non-hydrogen) atoms. The van der Waals surface area contributed by atoms with Gasteiger partial charge in [-0.25, -0.2) is 4.98 Å². The zero-order chi connectivity index (χ0) is 17.9. The summed E-state index contributed by atoms with van der Waals surface area (Å²) in [4.78, 5) is 16.9. The van der Waals surface area contributed by atoms with Crippen LogP contribution in [0, 0.1) is 6.92 Å². The Kier molecular flexibility index (Phi) is 4.50. The molecule has 0 atom stereocenters. The predicted molar refractivity (Wildman–Crippen MR) is 109 cm³/mol. The smallest absolute Gasteiger partial charge is 0.230 e. The zero-order valence-electron chi connectivity index (χ0n) is 14.4. The molecule has 128 valence electrons. The van der Waals surface area contributed by atoms with Crippen LogP contribution in [0.3, 0.4) is 0 Å². The van der Waals surface area contributed by atoms with E-state index in [2.05, 4.69) is 34.6 Å². The lowest BCUT2D eigenvalue weighted by Gasteiger charge is -2.05. The van der Waals surface area contributed by atoms with Crippen molar-refractivity contribution in [2.24, 2.45) is 0 Å². The molecule has 0 unspecified atom stereocenters. The highest BCUT2D eigenvalue weighted by Crippen LogP contribution is 2.28. The molecule has 1 N–H and O–H groups in total. The van der Waals surface area contributed by atoms with Crippen molar-refractivity contribution in [3.05, 3.63) is 83.9 Å². The van der Waals surface area contributed by atoms with Gasteiger partial charge in [-0.15, -0.1) is 0 Å². The fraction of sp³-hybridized carbons (Fsp3) is 0.0909. The molecule has 1 heterocycles. The van der Waals surface area contributed by atoms with Gasteiger partial charge in [-0.3, -0.25) is 4.79 Å². The second-order valence-corrected chi connectivity index (χ2v) is 7.26. The molecule has 0 aliphatic rings. The number of thiazole rings is 1. The van der Waals surface area contributed by atoms with E-state index >= 15 is 0 Å². The van der Waals surface area contributed by atoms with E-state index in [1.165, 1.54) is 16.9 Å². The lowest BCUT2D eigenvalue weighted by molar-refractivity contribution is -0.115. The molecule has 4 heteroatoms. The van der Waals surface area contributed by atoms with Gasteiger partial charge in [0.1, 0.15) is 0 Å². The van der Waals surface area contributed by atoms with Crippen LogP contribution in [0.5, 0.6) is 0 Å². The monoisotopic (exact) mass is 358 g/mol. The quantitative estimate of drug-likeness (QED) is 0.527. The van der Waals surface area contributed by atoms with Crippen molar-refractivity contribution in [3.63, 3.8) is 0 Å². The summed E-state index contributed by atoms with van der Waals surface area (Å²) in [6.07, 6.45) is 0.337. The zero-order valence-corrected chi connectivity index (χ0v) is 15.2. The molecule has 1 amide bonds. The molecular weight excluding hydrogens is 340 g/mol. The van der Waals surface area contributed by atoms with Crippen molar-refractivity contribution in [3.8, 4) is 11.1 Å². The third-order valence-electron chi connectivity index (χ3n) is 4.29. The summed E-state index contributed by atoms with van der Waals surface area (Å²) in [5.41, 5.74) is 5.39. The third kappa shape index (κ3) is 3.51. The van der Waals surface area contributed by atoms with E-state index < -0.39 is 0 Å². The van der Waals surface area contributed by atoms with Gasteiger partial charge < -0.3 is 5.32 Å². The number of rotatable bonds is 4. The van der Waals surface area contributed by atoms with Gasteiger partial charge in [-0.2, -0.15) is 0 Å². The Morgan fingerprint density at radius 2 is 1.65 bits per heavy atom. The van der Waals surface area contributed by atoms with E-state index in [4.69, 9.17) is 0 Å². The number of carbonyl (C=O) groups excluding carboxylic acids is 1. The number of carbonyl (C=O) groups is 1. The number of hydrogen-bond acceptors (Lipinski definition) is 3. The SMILES string of the molecule is Cc1cccc2sc(NC(=O)Cc3ccc(-c4ccccc4)cc3)nc12. The molecule has 3 nitrogen and oxygen atoms in total. The number of amides is 1. The van der Waals surface area contributed by atoms with Crippen molar-refractivity contribution in [2.75, 3.05) is 5.32 Å². The first kappa shape index (κ1) is 16.5. The molecule has 0 fully saturated rings. The van der Waals surface area contributed by atoms with Gasteiger partial charge in [-0.05, 0) is 35.2 Å². The first-order chi connectivity index (χ1) is 12.7. The number of nitrogens with zero attached hydrogens (tertiary/aromatic N) is 1. The standard InChI is InChI=1S/C22H18N2OS/c1-15-6-5-9-19-21(15)24-22(26-19)23-20(25)14-16-10-12-18(13-11-16)17-7-3-2-4-8-17/h2-13H,14H2,1H3,(H,23,24,25). The average Bonchev–Trinajstić information content (AvgIpc) is 3.07. The highest BCUT2D eigenvalue weighted by atomic mass is 32.1.